The molecule has 0 atom stereocenters. The molecule has 2 rings (SSSR count). The number of rotatable bonds is 3. The fourth-order valence-electron chi connectivity index (χ4n) is 1.66. The number of nitrogens with zero attached hydrogens (tertiary/aromatic N) is 2. The molecule has 0 aliphatic carbocycles. The SMILES string of the molecule is Cc1nc(Sc2ccc(Br)cc2CO)nc(C)c1C. The number of hydrogen-bond donors (Lipinski definition) is 1. The van der Waals surface area contributed by atoms with Crippen molar-refractivity contribution >= 4 is 27.7 Å². The summed E-state index contributed by atoms with van der Waals surface area (Å²) >= 11 is 4.89. The molecule has 19 heavy (non-hydrogen) atoms. The van der Waals surface area contributed by atoms with E-state index < -0.39 is 0 Å². The first kappa shape index (κ1) is 14.5. The summed E-state index contributed by atoms with van der Waals surface area (Å²) in [6.07, 6.45) is 0. The van der Waals surface area contributed by atoms with Crippen LogP contribution >= 0.6 is 27.7 Å². The molecule has 1 heterocycles. The van der Waals surface area contributed by atoms with Gasteiger partial charge in [0, 0.05) is 20.8 Å². The Hall–Kier alpha value is -0.910. The summed E-state index contributed by atoms with van der Waals surface area (Å²) in [7, 11) is 0. The second-order valence-electron chi connectivity index (χ2n) is 4.31. The number of aromatic nitrogens is 2. The summed E-state index contributed by atoms with van der Waals surface area (Å²) in [5, 5.41) is 10.1. The fourth-order valence-corrected chi connectivity index (χ4v) is 3.02. The van der Waals surface area contributed by atoms with Crippen molar-refractivity contribution in [3.05, 3.63) is 45.2 Å². The van der Waals surface area contributed by atoms with Crippen LogP contribution in [-0.4, -0.2) is 15.1 Å². The Bertz CT molecular complexity index is 593. The summed E-state index contributed by atoms with van der Waals surface area (Å²) in [6, 6.07) is 5.83. The van der Waals surface area contributed by atoms with Crippen LogP contribution < -0.4 is 0 Å². The van der Waals surface area contributed by atoms with Gasteiger partial charge in [-0.2, -0.15) is 0 Å². The maximum Gasteiger partial charge on any atom is 0.192 e. The zero-order chi connectivity index (χ0) is 14.0. The van der Waals surface area contributed by atoms with Crippen molar-refractivity contribution < 1.29 is 5.11 Å². The van der Waals surface area contributed by atoms with Gasteiger partial charge in [0.15, 0.2) is 5.16 Å². The molecule has 5 heteroatoms. The maximum absolute atomic E-state index is 9.40. The van der Waals surface area contributed by atoms with E-state index in [1.807, 2.05) is 39.0 Å². The van der Waals surface area contributed by atoms with Crippen LogP contribution in [0.3, 0.4) is 0 Å². The van der Waals surface area contributed by atoms with Gasteiger partial charge in [0.25, 0.3) is 0 Å². The second-order valence-corrected chi connectivity index (χ2v) is 6.24. The Morgan fingerprint density at radius 2 is 1.79 bits per heavy atom. The third kappa shape index (κ3) is 3.35. The Balaban J connectivity index is 2.36. The predicted octanol–water partition coefficient (Wildman–Crippen LogP) is 3.81. The third-order valence-corrected chi connectivity index (χ3v) is 4.48. The van der Waals surface area contributed by atoms with E-state index in [4.69, 9.17) is 0 Å². The lowest BCUT2D eigenvalue weighted by Gasteiger charge is -2.09. The van der Waals surface area contributed by atoms with Crippen LogP contribution in [0.15, 0.2) is 32.7 Å². The Morgan fingerprint density at radius 3 is 2.37 bits per heavy atom. The van der Waals surface area contributed by atoms with Gasteiger partial charge in [0.1, 0.15) is 0 Å². The predicted molar refractivity (Wildman–Crippen MR) is 80.4 cm³/mol. The molecular weight excluding hydrogens is 324 g/mol. The quantitative estimate of drug-likeness (QED) is 0.864. The van der Waals surface area contributed by atoms with Gasteiger partial charge in [-0.3, -0.25) is 0 Å². The Kier molecular flexibility index (Phi) is 4.60. The van der Waals surface area contributed by atoms with E-state index in [0.29, 0.717) is 0 Å². The molecule has 0 radical (unpaired) electrons. The average molecular weight is 339 g/mol. The number of benzene rings is 1. The zero-order valence-corrected chi connectivity index (χ0v) is 13.5. The highest BCUT2D eigenvalue weighted by molar-refractivity contribution is 9.10. The average Bonchev–Trinajstić information content (AvgIpc) is 2.38. The molecule has 0 unspecified atom stereocenters. The van der Waals surface area contributed by atoms with Crippen LogP contribution in [0.4, 0.5) is 0 Å². The molecule has 0 saturated heterocycles. The largest absolute Gasteiger partial charge is 0.392 e. The molecule has 0 bridgehead atoms. The lowest BCUT2D eigenvalue weighted by molar-refractivity contribution is 0.279. The van der Waals surface area contributed by atoms with Crippen molar-refractivity contribution in [2.45, 2.75) is 37.4 Å². The standard InChI is InChI=1S/C14H15BrN2OS/c1-8-9(2)16-14(17-10(8)3)19-13-5-4-12(15)6-11(13)7-18/h4-6,18H,7H2,1-3H3. The summed E-state index contributed by atoms with van der Waals surface area (Å²) in [5.41, 5.74) is 4.00. The molecule has 0 fully saturated rings. The summed E-state index contributed by atoms with van der Waals surface area (Å²) in [5.74, 6) is 0. The molecular formula is C14H15BrN2OS. The molecule has 1 aromatic carbocycles. The Labute approximate surface area is 125 Å². The number of aryl methyl sites for hydroxylation is 2. The summed E-state index contributed by atoms with van der Waals surface area (Å²) in [6.45, 7) is 6.01. The van der Waals surface area contributed by atoms with Crippen molar-refractivity contribution in [2.75, 3.05) is 0 Å². The van der Waals surface area contributed by atoms with Crippen molar-refractivity contribution in [3.63, 3.8) is 0 Å². The van der Waals surface area contributed by atoms with Crippen molar-refractivity contribution in [1.82, 2.24) is 9.97 Å². The molecule has 0 saturated carbocycles. The second kappa shape index (κ2) is 6.03. The highest BCUT2D eigenvalue weighted by Crippen LogP contribution is 2.30. The maximum atomic E-state index is 9.40. The first-order chi connectivity index (χ1) is 9.01. The smallest absolute Gasteiger partial charge is 0.192 e. The van der Waals surface area contributed by atoms with Gasteiger partial charge in [-0.15, -0.1) is 0 Å². The lowest BCUT2D eigenvalue weighted by Crippen LogP contribution is -1.98. The molecule has 0 spiro atoms. The minimum absolute atomic E-state index is 0.00555. The van der Waals surface area contributed by atoms with Crippen LogP contribution in [0.25, 0.3) is 0 Å². The minimum atomic E-state index is 0.00555. The first-order valence-electron chi connectivity index (χ1n) is 5.90. The molecule has 1 N–H and O–H groups in total. The molecule has 0 amide bonds. The van der Waals surface area contributed by atoms with Gasteiger partial charge in [-0.1, -0.05) is 15.9 Å². The van der Waals surface area contributed by atoms with Gasteiger partial charge in [-0.05, 0) is 61.9 Å². The molecule has 2 aromatic rings. The van der Waals surface area contributed by atoms with E-state index >= 15 is 0 Å². The third-order valence-electron chi connectivity index (χ3n) is 3.01. The van der Waals surface area contributed by atoms with Crippen LogP contribution in [0.2, 0.25) is 0 Å². The van der Waals surface area contributed by atoms with E-state index in [9.17, 15) is 5.11 Å². The lowest BCUT2D eigenvalue weighted by atomic mass is 10.2. The van der Waals surface area contributed by atoms with Gasteiger partial charge in [0.2, 0.25) is 0 Å². The minimum Gasteiger partial charge on any atom is -0.392 e. The monoisotopic (exact) mass is 338 g/mol. The topological polar surface area (TPSA) is 46.0 Å². The highest BCUT2D eigenvalue weighted by atomic mass is 79.9. The Morgan fingerprint density at radius 1 is 1.16 bits per heavy atom. The van der Waals surface area contributed by atoms with Crippen LogP contribution in [0.5, 0.6) is 0 Å². The van der Waals surface area contributed by atoms with E-state index in [1.54, 1.807) is 0 Å². The molecule has 0 aliphatic heterocycles. The molecule has 1 aromatic heterocycles. The van der Waals surface area contributed by atoms with Crippen LogP contribution in [-0.2, 0) is 6.61 Å². The van der Waals surface area contributed by atoms with Crippen LogP contribution in [0, 0.1) is 20.8 Å². The zero-order valence-electron chi connectivity index (χ0n) is 11.1. The van der Waals surface area contributed by atoms with Gasteiger partial charge in [-0.25, -0.2) is 9.97 Å². The van der Waals surface area contributed by atoms with E-state index in [-0.39, 0.29) is 6.61 Å². The van der Waals surface area contributed by atoms with E-state index in [0.717, 1.165) is 37.0 Å². The van der Waals surface area contributed by atoms with Gasteiger partial charge >= 0.3 is 0 Å². The van der Waals surface area contributed by atoms with E-state index in [2.05, 4.69) is 25.9 Å². The summed E-state index contributed by atoms with van der Waals surface area (Å²) < 4.78 is 0.957. The van der Waals surface area contributed by atoms with E-state index in [1.165, 1.54) is 11.8 Å². The normalized spacial score (nSPS) is 10.8. The first-order valence-corrected chi connectivity index (χ1v) is 7.51. The van der Waals surface area contributed by atoms with Crippen molar-refractivity contribution in [3.8, 4) is 0 Å². The van der Waals surface area contributed by atoms with Crippen LogP contribution in [0.1, 0.15) is 22.5 Å². The fraction of sp³-hybridized carbons (Fsp3) is 0.286. The van der Waals surface area contributed by atoms with Gasteiger partial charge in [0.05, 0.1) is 6.61 Å². The summed E-state index contributed by atoms with van der Waals surface area (Å²) in [4.78, 5) is 9.95. The molecule has 100 valence electrons. The number of hydrogen-bond acceptors (Lipinski definition) is 4. The number of halogens is 1. The number of aliphatic hydroxyl groups excluding tert-OH is 1. The number of aliphatic hydroxyl groups is 1. The molecule has 0 aliphatic rings. The van der Waals surface area contributed by atoms with Gasteiger partial charge < -0.3 is 5.11 Å². The van der Waals surface area contributed by atoms with Crippen molar-refractivity contribution in [2.24, 2.45) is 0 Å². The van der Waals surface area contributed by atoms with Crippen molar-refractivity contribution in [1.29, 1.82) is 0 Å². The molecule has 3 nitrogen and oxygen atoms in total. The highest BCUT2D eigenvalue weighted by Gasteiger charge is 2.09.